The van der Waals surface area contributed by atoms with Gasteiger partial charge in [0, 0.05) is 43.4 Å². The first-order valence-corrected chi connectivity index (χ1v) is 39.4. The van der Waals surface area contributed by atoms with Crippen LogP contribution in [0.3, 0.4) is 0 Å². The Hall–Kier alpha value is -6.03. The highest BCUT2D eigenvalue weighted by molar-refractivity contribution is 7.00. The van der Waals surface area contributed by atoms with Gasteiger partial charge in [0.15, 0.2) is 0 Å². The minimum Gasteiger partial charge on any atom is -0.310 e. The second kappa shape index (κ2) is 16.3. The maximum Gasteiger partial charge on any atom is 0.0579 e. The fraction of sp³-hybridized carbons (Fsp3) is 0.219. The summed E-state index contributed by atoms with van der Waals surface area (Å²) in [7, 11) is -8.25. The van der Waals surface area contributed by atoms with Gasteiger partial charge in [0.05, 0.1) is 32.3 Å². The average Bonchev–Trinajstić information content (AvgIpc) is 3.79. The van der Waals surface area contributed by atoms with Gasteiger partial charge in [-0.1, -0.05) is 188 Å². The molecule has 0 aromatic heterocycles. The molecule has 0 aliphatic heterocycles. The van der Waals surface area contributed by atoms with Gasteiger partial charge in [-0.15, -0.1) is 0 Å². The van der Waals surface area contributed by atoms with Gasteiger partial charge in [-0.25, -0.2) is 0 Å². The molecular weight excluding hydrogens is 909 g/mol. The summed E-state index contributed by atoms with van der Waals surface area (Å²) in [5.41, 5.74) is 19.3. The predicted octanol–water partition coefficient (Wildman–Crippen LogP) is 19.0. The van der Waals surface area contributed by atoms with E-state index >= 15 is 0 Å². The number of hydrogen-bond donors (Lipinski definition) is 0. The lowest BCUT2D eigenvalue weighted by atomic mass is 9.97. The Morgan fingerprint density at radius 2 is 0.529 bits per heavy atom. The van der Waals surface area contributed by atoms with Crippen molar-refractivity contribution in [3.8, 4) is 22.3 Å². The Morgan fingerprint density at radius 3 is 0.871 bits per heavy atom. The molecule has 0 heterocycles. The van der Waals surface area contributed by atoms with Crippen molar-refractivity contribution in [3.63, 3.8) is 0 Å². The van der Waals surface area contributed by atoms with Gasteiger partial charge in [-0.3, -0.25) is 0 Å². The van der Waals surface area contributed by atoms with E-state index in [1.54, 1.807) is 22.3 Å². The van der Waals surface area contributed by atoms with E-state index in [2.05, 4.69) is 282 Å². The molecule has 6 heteroatoms. The van der Waals surface area contributed by atoms with Crippen LogP contribution in [-0.2, 0) is 9.32 Å². The molecular formula is C64H68N2Si4. The number of hydrogen-bond acceptors (Lipinski definition) is 2. The smallest absolute Gasteiger partial charge is 0.0579 e. The molecule has 0 amide bonds. The van der Waals surface area contributed by atoms with Crippen molar-refractivity contribution in [2.24, 2.45) is 0 Å². The number of fused-ring (bicyclic) bond motifs is 8. The second-order valence-corrected chi connectivity index (χ2v) is 46.3. The maximum absolute atomic E-state index is 2.79. The second-order valence-electron chi connectivity index (χ2n) is 24.3. The fourth-order valence-corrected chi connectivity index (χ4v) is 40.7. The van der Waals surface area contributed by atoms with Gasteiger partial charge in [0.2, 0.25) is 0 Å². The molecule has 0 bridgehead atoms. The van der Waals surface area contributed by atoms with Crippen LogP contribution in [0.4, 0.5) is 34.1 Å². The van der Waals surface area contributed by atoms with Crippen molar-refractivity contribution >= 4 is 88.0 Å². The highest BCUT2D eigenvalue weighted by Crippen LogP contribution is 2.65. The molecule has 9 aromatic carbocycles. The largest absolute Gasteiger partial charge is 0.310 e. The van der Waals surface area contributed by atoms with Crippen LogP contribution in [0.5, 0.6) is 0 Å². The number of benzene rings is 9. The van der Waals surface area contributed by atoms with Crippen molar-refractivity contribution < 1.29 is 0 Å². The number of nitrogens with zero attached hydrogens (tertiary/aromatic N) is 2. The molecule has 350 valence electrons. The Balaban J connectivity index is 1.16. The summed E-state index contributed by atoms with van der Waals surface area (Å²) in [6.07, 6.45) is 0. The Kier molecular flexibility index (Phi) is 10.8. The monoisotopic (exact) mass is 976 g/mol. The van der Waals surface area contributed by atoms with Crippen molar-refractivity contribution in [1.29, 1.82) is 0 Å². The van der Waals surface area contributed by atoms with Gasteiger partial charge in [-0.2, -0.15) is 0 Å². The molecule has 9 aromatic rings. The van der Waals surface area contributed by atoms with Crippen molar-refractivity contribution in [1.82, 2.24) is 0 Å². The lowest BCUT2D eigenvalue weighted by molar-refractivity contribution is 0.938. The van der Waals surface area contributed by atoms with E-state index in [0.717, 1.165) is 0 Å². The van der Waals surface area contributed by atoms with Crippen molar-refractivity contribution in [2.75, 3.05) is 9.80 Å². The molecule has 2 nitrogen and oxygen atoms in total. The third kappa shape index (κ3) is 6.81. The maximum atomic E-state index is 2.79. The minimum absolute atomic E-state index is 0.0503. The Labute approximate surface area is 421 Å². The number of rotatable bonds is 10. The molecule has 0 unspecified atom stereocenters. The number of anilines is 6. The third-order valence-corrected chi connectivity index (χ3v) is 36.5. The number of para-hydroxylation sites is 2. The normalized spacial score (nSPS) is 14.8. The van der Waals surface area contributed by atoms with E-state index in [4.69, 9.17) is 0 Å². The predicted molar refractivity (Wildman–Crippen MR) is 317 cm³/mol. The summed E-state index contributed by atoms with van der Waals surface area (Å²) in [5, 5.41) is 5.03. The van der Waals surface area contributed by atoms with Gasteiger partial charge in [0.1, 0.15) is 0 Å². The summed E-state index contributed by atoms with van der Waals surface area (Å²) < 4.78 is -0.101. The average molecular weight is 978 g/mol. The zero-order chi connectivity index (χ0) is 49.2. The van der Waals surface area contributed by atoms with E-state index in [1.807, 2.05) is 0 Å². The van der Waals surface area contributed by atoms with E-state index in [-0.39, 0.29) is 9.32 Å². The first-order chi connectivity index (χ1) is 33.3. The van der Waals surface area contributed by atoms with Gasteiger partial charge < -0.3 is 9.80 Å². The van der Waals surface area contributed by atoms with Crippen LogP contribution in [0, 0.1) is 0 Å². The summed E-state index contributed by atoms with van der Waals surface area (Å²) in [5.74, 6) is 0. The molecule has 0 atom stereocenters. The summed E-state index contributed by atoms with van der Waals surface area (Å²) in [6.45, 7) is 32.0. The summed E-state index contributed by atoms with van der Waals surface area (Å²) >= 11 is 0. The summed E-state index contributed by atoms with van der Waals surface area (Å²) in [6, 6.07) is 74.2. The molecule has 2 aliphatic carbocycles. The standard InChI is InChI=1S/C64H68N2Si4/c1-67(2,3)63(68(4,5)6)59-41-53(65(49-27-15-13-16-28-49)51-33-31-45-23-19-21-25-47(45)39-51)35-37-55(59)57-44-62-58(43-61(57)63)56-38-36-54(42-60(56)64(62,69(7,8)9)70(10,11)12)66(50-29-17-14-18-30-50)52-34-32-46-24-20-22-26-48(46)40-52/h13-44H,1-12H3. The Morgan fingerprint density at radius 1 is 0.243 bits per heavy atom. The van der Waals surface area contributed by atoms with Crippen LogP contribution >= 0.6 is 0 Å². The van der Waals surface area contributed by atoms with Crippen LogP contribution in [0.25, 0.3) is 43.8 Å². The molecule has 0 spiro atoms. The SMILES string of the molecule is C[Si](C)(C)C1([Si](C)(C)C)c2cc(N(c3ccccc3)c3ccc4ccccc4c3)ccc2-c2cc3c(cc21)-c1ccc(N(c2ccccc2)c2ccc4ccccc4c2)cc1C3([Si](C)(C)C)[Si](C)(C)C. The quantitative estimate of drug-likeness (QED) is 0.126. The van der Waals surface area contributed by atoms with Crippen LogP contribution < -0.4 is 9.80 Å². The highest BCUT2D eigenvalue weighted by atomic mass is 28.4. The zero-order valence-electron chi connectivity index (χ0n) is 43.4. The van der Waals surface area contributed by atoms with Gasteiger partial charge in [-0.05, 0) is 151 Å². The van der Waals surface area contributed by atoms with E-state index < -0.39 is 32.3 Å². The highest BCUT2D eigenvalue weighted by Gasteiger charge is 2.63. The molecule has 0 radical (unpaired) electrons. The molecule has 11 rings (SSSR count). The lowest BCUT2D eigenvalue weighted by Crippen LogP contribution is -2.64. The molecule has 0 saturated carbocycles. The lowest BCUT2D eigenvalue weighted by Gasteiger charge is -2.52. The molecule has 0 N–H and O–H groups in total. The zero-order valence-corrected chi connectivity index (χ0v) is 47.4. The van der Waals surface area contributed by atoms with E-state index in [0.29, 0.717) is 0 Å². The van der Waals surface area contributed by atoms with Crippen LogP contribution in [-0.4, -0.2) is 32.3 Å². The van der Waals surface area contributed by atoms with E-state index in [1.165, 1.54) is 77.9 Å². The molecule has 2 aliphatic rings. The van der Waals surface area contributed by atoms with Crippen LogP contribution in [0.2, 0.25) is 78.6 Å². The molecule has 0 fully saturated rings. The van der Waals surface area contributed by atoms with Crippen molar-refractivity contribution in [2.45, 2.75) is 87.9 Å². The topological polar surface area (TPSA) is 6.48 Å². The first kappa shape index (κ1) is 46.4. The molecule has 0 saturated heterocycles. The van der Waals surface area contributed by atoms with E-state index in [9.17, 15) is 0 Å². The third-order valence-electron chi connectivity index (χ3n) is 16.4. The van der Waals surface area contributed by atoms with Crippen LogP contribution in [0.1, 0.15) is 22.3 Å². The summed E-state index contributed by atoms with van der Waals surface area (Å²) in [4.78, 5) is 5.00. The van der Waals surface area contributed by atoms with Crippen LogP contribution in [0.15, 0.2) is 194 Å². The molecule has 70 heavy (non-hydrogen) atoms. The van der Waals surface area contributed by atoms with Crippen molar-refractivity contribution in [3.05, 3.63) is 216 Å². The minimum atomic E-state index is -2.06. The fourth-order valence-electron chi connectivity index (χ4n) is 14.6. The Bertz CT molecular complexity index is 3240. The first-order valence-electron chi connectivity index (χ1n) is 25.4. The van der Waals surface area contributed by atoms with Gasteiger partial charge in [0.25, 0.3) is 0 Å². The van der Waals surface area contributed by atoms with Gasteiger partial charge >= 0.3 is 0 Å².